The largest absolute Gasteiger partial charge is 0.466 e. The second-order valence-corrected chi connectivity index (χ2v) is 14.5. The summed E-state index contributed by atoms with van der Waals surface area (Å²) in [5.41, 5.74) is 4.06. The number of esters is 2. The highest BCUT2D eigenvalue weighted by Crippen LogP contribution is 2.54. The summed E-state index contributed by atoms with van der Waals surface area (Å²) in [5.74, 6) is 0.774. The monoisotopic (exact) mass is 735 g/mol. The standard InChI is InChI=1S/C35H33N3O13S/c1-37-17-24-22(8-9-25-33(24)49-19-46-25)31-28(15-20-14-26-27(48-18-47-26)16-23(20)32(31)37)50-30(40)11-10-29(39)44-12-5-13-45-34-35(38(41)51-36-34)52(42,43)21-6-3-2-4-7-21/h2-4,6-9,14,16,28,31-32H,5,10-13,15,17-19H2,1H3/t28-,31-,32+/m0/s1. The normalized spacial score (nSPS) is 19.7. The number of nitrogens with zero attached hydrogens (tertiary/aromatic N) is 3. The number of carbonyl (C=O) groups excluding carboxylic acids is 2. The molecule has 4 aliphatic rings. The Balaban J connectivity index is 0.883. The molecule has 0 amide bonds. The van der Waals surface area contributed by atoms with Crippen molar-refractivity contribution in [2.24, 2.45) is 0 Å². The summed E-state index contributed by atoms with van der Waals surface area (Å²) in [6.45, 7) is 0.642. The van der Waals surface area contributed by atoms with Gasteiger partial charge in [-0.2, -0.15) is 0 Å². The van der Waals surface area contributed by atoms with Gasteiger partial charge in [0.15, 0.2) is 23.0 Å². The number of sulfone groups is 1. The average molecular weight is 736 g/mol. The number of fused-ring (bicyclic) bond motifs is 8. The van der Waals surface area contributed by atoms with E-state index in [-0.39, 0.29) is 67.8 Å². The quantitative estimate of drug-likeness (QED) is 0.124. The summed E-state index contributed by atoms with van der Waals surface area (Å²) in [7, 11) is -2.25. The van der Waals surface area contributed by atoms with E-state index in [0.717, 1.165) is 22.3 Å². The van der Waals surface area contributed by atoms with Crippen molar-refractivity contribution in [3.05, 3.63) is 82.1 Å². The molecule has 272 valence electrons. The first kappa shape index (κ1) is 33.6. The molecule has 3 atom stereocenters. The smallest absolute Gasteiger partial charge is 0.414 e. The van der Waals surface area contributed by atoms with Crippen molar-refractivity contribution in [2.75, 3.05) is 33.8 Å². The number of ether oxygens (including phenoxy) is 7. The second kappa shape index (κ2) is 13.5. The van der Waals surface area contributed by atoms with Gasteiger partial charge in [0.25, 0.3) is 9.84 Å². The van der Waals surface area contributed by atoms with Crippen molar-refractivity contribution in [1.82, 2.24) is 10.1 Å². The van der Waals surface area contributed by atoms with Crippen LogP contribution in [0.15, 0.2) is 69.1 Å². The Kier molecular flexibility index (Phi) is 8.74. The van der Waals surface area contributed by atoms with E-state index in [1.54, 1.807) is 6.07 Å². The summed E-state index contributed by atoms with van der Waals surface area (Å²) < 4.78 is 69.9. The molecule has 8 rings (SSSR count). The fourth-order valence-electron chi connectivity index (χ4n) is 7.22. The molecule has 0 bridgehead atoms. The third-order valence-corrected chi connectivity index (χ3v) is 11.2. The Morgan fingerprint density at radius 1 is 0.942 bits per heavy atom. The van der Waals surface area contributed by atoms with Crippen molar-refractivity contribution in [1.29, 1.82) is 0 Å². The van der Waals surface area contributed by atoms with Gasteiger partial charge in [-0.3, -0.25) is 19.1 Å². The zero-order valence-corrected chi connectivity index (χ0v) is 28.7. The highest BCUT2D eigenvalue weighted by atomic mass is 32.2. The third-order valence-electron chi connectivity index (χ3n) is 9.50. The summed E-state index contributed by atoms with van der Waals surface area (Å²) in [6, 6.07) is 15.0. The summed E-state index contributed by atoms with van der Waals surface area (Å²) in [4.78, 5) is 27.7. The van der Waals surface area contributed by atoms with Gasteiger partial charge < -0.3 is 38.4 Å². The molecular formula is C35H33N3O13S. The van der Waals surface area contributed by atoms with Gasteiger partial charge in [-0.05, 0) is 59.0 Å². The van der Waals surface area contributed by atoms with Crippen LogP contribution in [0.5, 0.6) is 28.9 Å². The highest BCUT2D eigenvalue weighted by molar-refractivity contribution is 7.91. The van der Waals surface area contributed by atoms with Crippen LogP contribution in [-0.4, -0.2) is 70.4 Å². The Morgan fingerprint density at radius 2 is 1.69 bits per heavy atom. The predicted octanol–water partition coefficient (Wildman–Crippen LogP) is 3.13. The van der Waals surface area contributed by atoms with Crippen LogP contribution >= 0.6 is 0 Å². The summed E-state index contributed by atoms with van der Waals surface area (Å²) in [6.07, 6.45) is -0.410. The van der Waals surface area contributed by atoms with Crippen molar-refractivity contribution >= 4 is 21.8 Å². The van der Waals surface area contributed by atoms with Gasteiger partial charge in [0.1, 0.15) is 6.10 Å². The lowest BCUT2D eigenvalue weighted by Gasteiger charge is -2.47. The Hall–Kier alpha value is -5.55. The molecule has 0 saturated carbocycles. The number of hydrogen-bond acceptors (Lipinski definition) is 15. The van der Waals surface area contributed by atoms with Gasteiger partial charge >= 0.3 is 22.8 Å². The molecule has 16 nitrogen and oxygen atoms in total. The summed E-state index contributed by atoms with van der Waals surface area (Å²) >= 11 is 0. The van der Waals surface area contributed by atoms with Crippen LogP contribution in [0.3, 0.4) is 0 Å². The minimum atomic E-state index is -4.27. The van der Waals surface area contributed by atoms with Gasteiger partial charge in [0, 0.05) is 36.9 Å². The zero-order valence-electron chi connectivity index (χ0n) is 27.8. The molecule has 4 heterocycles. The lowest BCUT2D eigenvalue weighted by Crippen LogP contribution is -2.45. The first-order valence-electron chi connectivity index (χ1n) is 16.6. The molecule has 0 spiro atoms. The third kappa shape index (κ3) is 6.08. The molecule has 0 fully saturated rings. The molecule has 1 aliphatic carbocycles. The minimum Gasteiger partial charge on any atom is -0.466 e. The first-order chi connectivity index (χ1) is 25.2. The second-order valence-electron chi connectivity index (χ2n) is 12.7. The molecule has 4 aromatic rings. The van der Waals surface area contributed by atoms with Crippen LogP contribution in [0.4, 0.5) is 0 Å². The zero-order chi connectivity index (χ0) is 36.0. The Morgan fingerprint density at radius 3 is 2.52 bits per heavy atom. The van der Waals surface area contributed by atoms with E-state index >= 15 is 0 Å². The number of hydrogen-bond donors (Lipinski definition) is 0. The minimum absolute atomic E-state index is 0.0949. The number of carbonyl (C=O) groups is 2. The lowest BCUT2D eigenvalue weighted by molar-refractivity contribution is -0.832. The Bertz CT molecular complexity index is 2140. The van der Waals surface area contributed by atoms with E-state index in [9.17, 15) is 23.2 Å². The van der Waals surface area contributed by atoms with Crippen LogP contribution in [0.1, 0.15) is 53.5 Å². The first-order valence-corrected chi connectivity index (χ1v) is 18.1. The highest BCUT2D eigenvalue weighted by Gasteiger charge is 2.47. The topological polar surface area (TPSA) is 189 Å². The van der Waals surface area contributed by atoms with Gasteiger partial charge in [0.05, 0.1) is 36.1 Å². The lowest BCUT2D eigenvalue weighted by atomic mass is 9.70. The SMILES string of the molecule is CN1Cc2c(ccc3c2OCO3)[C@H]2[C@@H](OC(=O)CCC(=O)OCCCOc3no[n+]([O-])c3S(=O)(=O)c3ccccc3)Cc3cc4c(cc3[C@H]21)OCO4. The predicted molar refractivity (Wildman–Crippen MR) is 173 cm³/mol. The van der Waals surface area contributed by atoms with Gasteiger partial charge in [-0.1, -0.05) is 24.3 Å². The molecule has 17 heteroatoms. The molecule has 3 aromatic carbocycles. The van der Waals surface area contributed by atoms with E-state index in [4.69, 9.17) is 33.2 Å². The van der Waals surface area contributed by atoms with Crippen LogP contribution in [0.2, 0.25) is 0 Å². The van der Waals surface area contributed by atoms with Gasteiger partial charge in [-0.25, -0.2) is 8.42 Å². The van der Waals surface area contributed by atoms with E-state index < -0.39 is 38.8 Å². The number of likely N-dealkylation sites (N-methyl/N-ethyl adjacent to an activating group) is 1. The maximum absolute atomic E-state index is 13.3. The van der Waals surface area contributed by atoms with Gasteiger partial charge in [0.2, 0.25) is 13.6 Å². The summed E-state index contributed by atoms with van der Waals surface area (Å²) in [5, 5.41) is 14.7. The number of benzene rings is 3. The Labute approximate surface area is 297 Å². The maximum Gasteiger partial charge on any atom is 0.414 e. The van der Waals surface area contributed by atoms with Crippen molar-refractivity contribution < 1.29 is 60.7 Å². The molecular weight excluding hydrogens is 702 g/mol. The van der Waals surface area contributed by atoms with Crippen molar-refractivity contribution in [3.8, 4) is 28.9 Å². The van der Waals surface area contributed by atoms with Crippen LogP contribution in [-0.2, 0) is 41.9 Å². The molecule has 0 N–H and O–H groups in total. The molecule has 0 radical (unpaired) electrons. The van der Waals surface area contributed by atoms with E-state index in [2.05, 4.69) is 14.7 Å². The fourth-order valence-corrected chi connectivity index (χ4v) is 8.51. The molecule has 3 aliphatic heterocycles. The maximum atomic E-state index is 13.3. The van der Waals surface area contributed by atoms with Crippen molar-refractivity contribution in [2.45, 2.75) is 60.2 Å². The molecule has 0 unspecified atom stereocenters. The van der Waals surface area contributed by atoms with Gasteiger partial charge in [-0.15, -0.1) is 0 Å². The van der Waals surface area contributed by atoms with Crippen LogP contribution < -0.4 is 28.6 Å². The number of aromatic nitrogens is 2. The molecule has 52 heavy (non-hydrogen) atoms. The number of rotatable bonds is 11. The molecule has 1 aromatic heterocycles. The van der Waals surface area contributed by atoms with Crippen LogP contribution in [0, 0.1) is 5.21 Å². The molecule has 0 saturated heterocycles. The van der Waals surface area contributed by atoms with E-state index in [1.807, 2.05) is 31.3 Å². The van der Waals surface area contributed by atoms with Crippen LogP contribution in [0.25, 0.3) is 0 Å². The van der Waals surface area contributed by atoms with E-state index in [0.29, 0.717) is 36.0 Å². The van der Waals surface area contributed by atoms with Crippen molar-refractivity contribution in [3.63, 3.8) is 0 Å². The van der Waals surface area contributed by atoms with E-state index in [1.165, 1.54) is 24.3 Å². The average Bonchev–Trinajstić information content (AvgIpc) is 3.90. The fraction of sp³-hybridized carbons (Fsp3) is 0.371.